The summed E-state index contributed by atoms with van der Waals surface area (Å²) in [5, 5.41) is 3.32. The van der Waals surface area contributed by atoms with Crippen LogP contribution >= 0.6 is 11.8 Å². The van der Waals surface area contributed by atoms with Crippen molar-refractivity contribution in [2.24, 2.45) is 5.41 Å². The highest BCUT2D eigenvalue weighted by Crippen LogP contribution is 2.48. The first-order valence-corrected chi connectivity index (χ1v) is 6.60. The summed E-state index contributed by atoms with van der Waals surface area (Å²) in [5.74, 6) is 0.757. The predicted octanol–water partition coefficient (Wildman–Crippen LogP) is 2.80. The average Bonchev–Trinajstić information content (AvgIpc) is 3.08. The topological polar surface area (TPSA) is 37.8 Å². The van der Waals surface area contributed by atoms with E-state index < -0.39 is 0 Å². The van der Waals surface area contributed by atoms with E-state index in [4.69, 9.17) is 0 Å². The van der Waals surface area contributed by atoms with E-state index in [9.17, 15) is 0 Å². The van der Waals surface area contributed by atoms with Crippen molar-refractivity contribution in [3.8, 4) is 0 Å². The van der Waals surface area contributed by atoms with Crippen molar-refractivity contribution < 1.29 is 0 Å². The molecule has 0 saturated heterocycles. The molecule has 0 aliphatic heterocycles. The van der Waals surface area contributed by atoms with E-state index in [1.165, 1.54) is 19.3 Å². The first kappa shape index (κ1) is 10.7. The summed E-state index contributed by atoms with van der Waals surface area (Å²) in [6, 6.07) is 0. The van der Waals surface area contributed by atoms with Gasteiger partial charge in [-0.25, -0.2) is 9.97 Å². The normalized spacial score (nSPS) is 17.5. The van der Waals surface area contributed by atoms with Crippen LogP contribution in [0.3, 0.4) is 0 Å². The van der Waals surface area contributed by atoms with Crippen molar-refractivity contribution in [3.63, 3.8) is 0 Å². The molecule has 0 spiro atoms. The zero-order chi connectivity index (χ0) is 10.7. The molecule has 1 fully saturated rings. The lowest BCUT2D eigenvalue weighted by Gasteiger charge is -2.12. The maximum absolute atomic E-state index is 4.27. The predicted molar refractivity (Wildman–Crippen MR) is 64.3 cm³/mol. The number of nitrogens with zero attached hydrogens (tertiary/aromatic N) is 2. The molecule has 0 bridgehead atoms. The van der Waals surface area contributed by atoms with Gasteiger partial charge in [0.25, 0.3) is 0 Å². The Hall–Kier alpha value is -0.770. The largest absolute Gasteiger partial charge is 0.354 e. The van der Waals surface area contributed by atoms with Gasteiger partial charge in [0.1, 0.15) is 0 Å². The Morgan fingerprint density at radius 3 is 2.53 bits per heavy atom. The van der Waals surface area contributed by atoms with Crippen molar-refractivity contribution in [1.29, 1.82) is 0 Å². The third-order valence-electron chi connectivity index (χ3n) is 3.19. The lowest BCUT2D eigenvalue weighted by atomic mass is 10.0. The number of hydrogen-bond acceptors (Lipinski definition) is 4. The quantitative estimate of drug-likeness (QED) is 0.779. The van der Waals surface area contributed by atoms with Gasteiger partial charge < -0.3 is 5.32 Å². The summed E-state index contributed by atoms with van der Waals surface area (Å²) >= 11 is 1.67. The Kier molecular flexibility index (Phi) is 3.14. The highest BCUT2D eigenvalue weighted by atomic mass is 32.2. The van der Waals surface area contributed by atoms with Crippen LogP contribution in [-0.2, 0) is 0 Å². The SMILES string of the molecule is CCC1(CNc2ncc(SC)cn2)CC1. The second-order valence-corrected chi connectivity index (χ2v) is 5.03. The smallest absolute Gasteiger partial charge is 0.222 e. The molecule has 4 heteroatoms. The molecule has 15 heavy (non-hydrogen) atoms. The van der Waals surface area contributed by atoms with Crippen LogP contribution in [0.15, 0.2) is 17.3 Å². The fraction of sp³-hybridized carbons (Fsp3) is 0.636. The Balaban J connectivity index is 1.88. The van der Waals surface area contributed by atoms with Gasteiger partial charge in [0.2, 0.25) is 5.95 Å². The van der Waals surface area contributed by atoms with Crippen molar-refractivity contribution in [1.82, 2.24) is 9.97 Å². The number of anilines is 1. The lowest BCUT2D eigenvalue weighted by Crippen LogP contribution is -2.15. The highest BCUT2D eigenvalue weighted by molar-refractivity contribution is 7.98. The summed E-state index contributed by atoms with van der Waals surface area (Å²) in [5.41, 5.74) is 0.543. The molecule has 3 nitrogen and oxygen atoms in total. The molecule has 0 radical (unpaired) electrons. The van der Waals surface area contributed by atoms with E-state index in [0.29, 0.717) is 5.41 Å². The molecule has 82 valence electrons. The third-order valence-corrected chi connectivity index (χ3v) is 3.87. The van der Waals surface area contributed by atoms with Gasteiger partial charge in [-0.1, -0.05) is 6.92 Å². The molecule has 0 unspecified atom stereocenters. The molecule has 1 aliphatic rings. The monoisotopic (exact) mass is 223 g/mol. The van der Waals surface area contributed by atoms with Crippen LogP contribution in [-0.4, -0.2) is 22.8 Å². The molecular weight excluding hydrogens is 206 g/mol. The Morgan fingerprint density at radius 2 is 2.07 bits per heavy atom. The van der Waals surface area contributed by atoms with Gasteiger partial charge in [-0.2, -0.15) is 0 Å². The summed E-state index contributed by atoms with van der Waals surface area (Å²) in [4.78, 5) is 9.65. The number of rotatable bonds is 5. The summed E-state index contributed by atoms with van der Waals surface area (Å²) in [6.45, 7) is 3.27. The van der Waals surface area contributed by atoms with Crippen LogP contribution in [0, 0.1) is 5.41 Å². The standard InChI is InChI=1S/C11H17N3S/c1-3-11(4-5-11)8-14-10-12-6-9(15-2)7-13-10/h6-7H,3-5,8H2,1-2H3,(H,12,13,14). The van der Waals surface area contributed by atoms with Crippen molar-refractivity contribution >= 4 is 17.7 Å². The number of thioether (sulfide) groups is 1. The van der Waals surface area contributed by atoms with Gasteiger partial charge in [-0.15, -0.1) is 11.8 Å². The average molecular weight is 223 g/mol. The maximum atomic E-state index is 4.27. The molecular formula is C11H17N3S. The molecule has 1 heterocycles. The number of aromatic nitrogens is 2. The van der Waals surface area contributed by atoms with Crippen LogP contribution in [0.25, 0.3) is 0 Å². The van der Waals surface area contributed by atoms with Gasteiger partial charge in [-0.3, -0.25) is 0 Å². The van der Waals surface area contributed by atoms with Gasteiger partial charge in [0.05, 0.1) is 0 Å². The minimum atomic E-state index is 0.543. The summed E-state index contributed by atoms with van der Waals surface area (Å²) in [7, 11) is 0. The van der Waals surface area contributed by atoms with E-state index in [-0.39, 0.29) is 0 Å². The van der Waals surface area contributed by atoms with E-state index in [1.807, 2.05) is 18.6 Å². The minimum Gasteiger partial charge on any atom is -0.354 e. The number of hydrogen-bond donors (Lipinski definition) is 1. The van der Waals surface area contributed by atoms with Crippen molar-refractivity contribution in [2.45, 2.75) is 31.1 Å². The molecule has 0 aromatic carbocycles. The zero-order valence-corrected chi connectivity index (χ0v) is 10.1. The third kappa shape index (κ3) is 2.62. The first-order valence-electron chi connectivity index (χ1n) is 5.38. The Bertz CT molecular complexity index is 319. The fourth-order valence-electron chi connectivity index (χ4n) is 1.61. The summed E-state index contributed by atoms with van der Waals surface area (Å²) in [6.07, 6.45) is 9.71. The molecule has 1 aliphatic carbocycles. The van der Waals surface area contributed by atoms with E-state index in [1.54, 1.807) is 11.8 Å². The number of nitrogens with one attached hydrogen (secondary N) is 1. The molecule has 0 atom stereocenters. The molecule has 1 saturated carbocycles. The minimum absolute atomic E-state index is 0.543. The second kappa shape index (κ2) is 4.39. The van der Waals surface area contributed by atoms with Crippen molar-refractivity contribution in [3.05, 3.63) is 12.4 Å². The summed E-state index contributed by atoms with van der Waals surface area (Å²) < 4.78 is 0. The van der Waals surface area contributed by atoms with Gasteiger partial charge >= 0.3 is 0 Å². The van der Waals surface area contributed by atoms with Crippen LogP contribution < -0.4 is 5.32 Å². The van der Waals surface area contributed by atoms with Crippen LogP contribution in [0.5, 0.6) is 0 Å². The maximum Gasteiger partial charge on any atom is 0.222 e. The molecule has 2 rings (SSSR count). The zero-order valence-electron chi connectivity index (χ0n) is 9.29. The van der Waals surface area contributed by atoms with Crippen molar-refractivity contribution in [2.75, 3.05) is 18.1 Å². The van der Waals surface area contributed by atoms with Gasteiger partial charge in [0, 0.05) is 23.8 Å². The molecule has 0 amide bonds. The van der Waals surface area contributed by atoms with Gasteiger partial charge in [-0.05, 0) is 30.9 Å². The molecule has 1 aromatic heterocycles. The molecule has 1 N–H and O–H groups in total. The first-order chi connectivity index (χ1) is 7.28. The van der Waals surface area contributed by atoms with Crippen LogP contribution in [0.2, 0.25) is 0 Å². The Morgan fingerprint density at radius 1 is 1.40 bits per heavy atom. The van der Waals surface area contributed by atoms with E-state index in [0.717, 1.165) is 17.4 Å². The Labute approximate surface area is 95.1 Å². The van der Waals surface area contributed by atoms with E-state index in [2.05, 4.69) is 22.2 Å². The lowest BCUT2D eigenvalue weighted by molar-refractivity contribution is 0.519. The van der Waals surface area contributed by atoms with Crippen LogP contribution in [0.1, 0.15) is 26.2 Å². The highest BCUT2D eigenvalue weighted by Gasteiger charge is 2.40. The molecule has 1 aromatic rings. The second-order valence-electron chi connectivity index (χ2n) is 4.15. The van der Waals surface area contributed by atoms with E-state index >= 15 is 0 Å². The fourth-order valence-corrected chi connectivity index (χ4v) is 1.93. The van der Waals surface area contributed by atoms with Crippen LogP contribution in [0.4, 0.5) is 5.95 Å². The van der Waals surface area contributed by atoms with Gasteiger partial charge in [0.15, 0.2) is 0 Å².